The van der Waals surface area contributed by atoms with Crippen molar-refractivity contribution < 1.29 is 115 Å². The van der Waals surface area contributed by atoms with Gasteiger partial charge in [-0.3, -0.25) is 52.7 Å². The number of hydrogen-bond acceptors (Lipinski definition) is 24. The summed E-state index contributed by atoms with van der Waals surface area (Å²) in [5.74, 6) is 2.98. The van der Waals surface area contributed by atoms with Crippen LogP contribution in [0.1, 0.15) is 383 Å². The fourth-order valence-corrected chi connectivity index (χ4v) is 11.0. The zero-order valence-corrected chi connectivity index (χ0v) is 76.1. The van der Waals surface area contributed by atoms with E-state index in [1.807, 2.05) is 145 Å². The van der Waals surface area contributed by atoms with Crippen molar-refractivity contribution >= 4 is 64.9 Å². The van der Waals surface area contributed by atoms with Gasteiger partial charge < -0.3 is 62.3 Å². The Balaban J connectivity index is -0.000000105. The van der Waals surface area contributed by atoms with Crippen molar-refractivity contribution in [1.82, 2.24) is 0 Å². The van der Waals surface area contributed by atoms with Crippen LogP contribution in [0.15, 0.2) is 133 Å². The summed E-state index contributed by atoms with van der Waals surface area (Å²) in [6.07, 6.45) is 7.68. The van der Waals surface area contributed by atoms with Crippen LogP contribution >= 0.6 is 0 Å². The minimum Gasteiger partial charge on any atom is -0.496 e. The number of ketones is 7. The maximum absolute atomic E-state index is 12.3. The Morgan fingerprint density at radius 3 is 0.978 bits per heavy atom. The molecule has 136 heavy (non-hydrogen) atoms. The predicted octanol–water partition coefficient (Wildman–Crippen LogP) is 29.4. The van der Waals surface area contributed by atoms with Crippen molar-refractivity contribution in [3.05, 3.63) is 189 Å². The Kier molecular flexibility index (Phi) is 97.6. The van der Waals surface area contributed by atoms with Gasteiger partial charge in [0.25, 0.3) is 6.47 Å². The van der Waals surface area contributed by atoms with Crippen LogP contribution in [-0.2, 0) is 43.7 Å². The molecule has 7 unspecified atom stereocenters. The summed E-state index contributed by atoms with van der Waals surface area (Å²) in [5, 5.41) is 18.3. The van der Waals surface area contributed by atoms with Crippen LogP contribution < -0.4 is 47.4 Å². The first kappa shape index (κ1) is 156. The average Bonchev–Trinajstić information content (AvgIpc) is 0.880. The molecule has 0 bridgehead atoms. The number of aliphatic hydroxyl groups excluding tert-OH is 2. The lowest BCUT2D eigenvalue weighted by molar-refractivity contribution is -0.134. The lowest BCUT2D eigenvalue weighted by Gasteiger charge is -2.16. The smallest absolute Gasteiger partial charge is 0.308 e. The molecule has 0 heterocycles. The van der Waals surface area contributed by atoms with Gasteiger partial charge in [-0.2, -0.15) is 0 Å². The molecule has 2 N–H and O–H groups in total. The number of hydrogen-bond donors (Lipinski definition) is 2. The summed E-state index contributed by atoms with van der Waals surface area (Å²) >= 11 is 0. The summed E-state index contributed by atoms with van der Waals surface area (Å²) in [4.78, 5) is 128. The minimum atomic E-state index is -0.581. The Labute approximate surface area is 825 Å². The highest BCUT2D eigenvalue weighted by atomic mass is 16.6. The standard InChI is InChI=1S/2C15H18O5.C15H22O2.C14H20O4.2C13H18O3.C13H18O2.14CH4/c1-5-9(2)14(18)12-7-6-8-13(19-10(3)16)15(12)20-11(4)17;1-4-10(2)15(18)13-7-12(8-19-9-16)5-6-14(13)20-11(3)17;1-4-6-11-17-14-9-7-13(8-10-14)15(16)12(3)5-2;1-5-9(2)13(16)11-6-10(8-15)7-12(17-3)14(11)18-4;1-5-9(2)12(14)10-7-6-8-11(15-3)13(10)16-4;1-4-9(2)13(15)11-7-10(8-14)5-6-12(11)16-3;1-4-10(3)13(14)11-6-8-12(9-7-11)15-5-2;;;;;;;;;;;;;;/h6-9H,5H2,1-4H3;5-7,9-10H,4,8H2,1-3H3;7-10,12H,4-6,11H2,1-3H3;6-7,9,15H,5,8H2,1-4H3;6-9H,5H2,1-4H3;5-7,9,14H,4,8H2,1-3H3;6-10H,4-5H2,1-3H3;14*1H4. The molecule has 7 rings (SSSR count). The number of esters is 3. The molecule has 780 valence electrons. The van der Waals surface area contributed by atoms with Gasteiger partial charge >= 0.3 is 17.9 Å². The van der Waals surface area contributed by atoms with Gasteiger partial charge in [-0.25, -0.2) is 0 Å². The fraction of sp³-hybridized carbons (Fsp3) is 0.527. The number of carbonyl (C=O) groups is 11. The summed E-state index contributed by atoms with van der Waals surface area (Å²) in [7, 11) is 7.67. The van der Waals surface area contributed by atoms with E-state index in [1.54, 1.807) is 107 Å². The summed E-state index contributed by atoms with van der Waals surface area (Å²) in [6, 6.07) is 38.1. The first-order valence-electron chi connectivity index (χ1n) is 41.6. The van der Waals surface area contributed by atoms with Crippen LogP contribution in [0.25, 0.3) is 0 Å². The van der Waals surface area contributed by atoms with Gasteiger partial charge in [-0.05, 0) is 184 Å². The molecular formula is C112H188O24. The van der Waals surface area contributed by atoms with E-state index in [2.05, 4.69) is 11.7 Å². The highest BCUT2D eigenvalue weighted by Crippen LogP contribution is 2.37. The topological polar surface area (TPSA) is 330 Å². The van der Waals surface area contributed by atoms with Gasteiger partial charge in [-0.15, -0.1) is 0 Å². The number of benzene rings is 7. The molecule has 0 aliphatic rings. The first-order chi connectivity index (χ1) is 58.1. The van der Waals surface area contributed by atoms with E-state index >= 15 is 0 Å². The Morgan fingerprint density at radius 2 is 0.625 bits per heavy atom. The second kappa shape index (κ2) is 85.3. The number of ether oxygens (including phenoxy) is 11. The number of unbranched alkanes of at least 4 members (excludes halogenated alkanes) is 1. The fourth-order valence-electron chi connectivity index (χ4n) is 11.0. The van der Waals surface area contributed by atoms with Gasteiger partial charge in [0.05, 0.1) is 89.8 Å². The van der Waals surface area contributed by atoms with E-state index in [4.69, 9.17) is 52.5 Å². The van der Waals surface area contributed by atoms with Crippen molar-refractivity contribution in [2.24, 2.45) is 41.4 Å². The van der Waals surface area contributed by atoms with Crippen LogP contribution in [0.4, 0.5) is 0 Å². The molecule has 24 heteroatoms. The molecule has 0 radical (unpaired) electrons. The number of aliphatic hydroxyl groups is 2. The maximum Gasteiger partial charge on any atom is 0.308 e. The van der Waals surface area contributed by atoms with Gasteiger partial charge in [0.1, 0.15) is 29.6 Å². The van der Waals surface area contributed by atoms with Gasteiger partial charge in [-0.1, -0.05) is 239 Å². The number of carbonyl (C=O) groups excluding carboxylic acids is 11. The van der Waals surface area contributed by atoms with E-state index in [9.17, 15) is 57.8 Å². The second-order valence-corrected chi connectivity index (χ2v) is 28.8. The van der Waals surface area contributed by atoms with Crippen molar-refractivity contribution in [3.8, 4) is 57.5 Å². The molecule has 7 atom stereocenters. The molecule has 0 saturated heterocycles. The van der Waals surface area contributed by atoms with E-state index in [1.165, 1.54) is 41.1 Å². The molecule has 0 aromatic heterocycles. The van der Waals surface area contributed by atoms with Crippen molar-refractivity contribution in [1.29, 1.82) is 0 Å². The first-order valence-corrected chi connectivity index (χ1v) is 41.6. The number of rotatable bonds is 40. The summed E-state index contributed by atoms with van der Waals surface area (Å²) in [6.45, 7) is 36.4. The zero-order chi connectivity index (χ0) is 92.3. The molecule has 0 amide bonds. The molecule has 0 saturated carbocycles. The molecule has 0 fully saturated rings. The molecular weight excluding hydrogens is 1730 g/mol. The Bertz CT molecular complexity index is 4410. The number of methoxy groups -OCH3 is 5. The normalized spacial score (nSPS) is 10.7. The lowest BCUT2D eigenvalue weighted by Crippen LogP contribution is -2.15. The monoisotopic (exact) mass is 1920 g/mol. The van der Waals surface area contributed by atoms with Crippen LogP contribution in [0.2, 0.25) is 0 Å². The van der Waals surface area contributed by atoms with E-state index < -0.39 is 17.9 Å². The highest BCUT2D eigenvalue weighted by molar-refractivity contribution is 6.04. The van der Waals surface area contributed by atoms with E-state index in [0.29, 0.717) is 88.0 Å². The van der Waals surface area contributed by atoms with Crippen LogP contribution in [-0.4, -0.2) is 124 Å². The van der Waals surface area contributed by atoms with E-state index in [0.717, 1.165) is 79.7 Å². The molecule has 7 aromatic rings. The summed E-state index contributed by atoms with van der Waals surface area (Å²) < 4.78 is 56.6. The maximum atomic E-state index is 12.3. The molecule has 24 nitrogen and oxygen atoms in total. The predicted molar refractivity (Wildman–Crippen MR) is 567 cm³/mol. The highest BCUT2D eigenvalue weighted by Gasteiger charge is 2.27. The van der Waals surface area contributed by atoms with Crippen molar-refractivity contribution in [2.45, 2.75) is 313 Å². The number of Topliss-reactive ketones (excluding diaryl/α,β-unsaturated/α-hetero) is 7. The number of para-hydroxylation sites is 2. The minimum absolute atomic E-state index is 0. The quantitative estimate of drug-likeness (QED) is 0.0118. The lowest BCUT2D eigenvalue weighted by atomic mass is 9.95. The molecule has 0 aliphatic carbocycles. The van der Waals surface area contributed by atoms with Crippen molar-refractivity contribution in [3.63, 3.8) is 0 Å². The molecule has 0 aliphatic heterocycles. The van der Waals surface area contributed by atoms with Crippen LogP contribution in [0.5, 0.6) is 57.5 Å². The third-order valence-corrected chi connectivity index (χ3v) is 19.8. The summed E-state index contributed by atoms with van der Waals surface area (Å²) in [5.41, 5.74) is 5.78. The van der Waals surface area contributed by atoms with Crippen molar-refractivity contribution in [2.75, 3.05) is 48.8 Å². The van der Waals surface area contributed by atoms with E-state index in [-0.39, 0.29) is 229 Å². The van der Waals surface area contributed by atoms with Gasteiger partial charge in [0, 0.05) is 73.3 Å². The Hall–Kier alpha value is -11.4. The largest absolute Gasteiger partial charge is 0.496 e. The second-order valence-electron chi connectivity index (χ2n) is 28.8. The molecule has 7 aromatic carbocycles. The molecule has 0 spiro atoms. The third kappa shape index (κ3) is 52.1. The Morgan fingerprint density at radius 1 is 0.309 bits per heavy atom. The van der Waals surface area contributed by atoms with Crippen LogP contribution in [0.3, 0.4) is 0 Å². The van der Waals surface area contributed by atoms with Gasteiger partial charge in [0.15, 0.2) is 75.0 Å². The van der Waals surface area contributed by atoms with Crippen LogP contribution in [0, 0.1) is 41.4 Å². The average molecular weight is 1920 g/mol. The SMILES string of the molecule is C.C.C.C.C.C.C.C.C.C.C.C.C.C.CCC(C)C(=O)c1cc(CO)cc(OC)c1OC.CCC(C)C(=O)c1cc(CO)ccc1OC.CCC(C)C(=O)c1cc(COC=O)ccc1OC(C)=O.CCC(C)C(=O)c1cccc(OC(C)=O)c1OC(C)=O.CCC(C)C(=O)c1cccc(OC)c1OC.CCCCOc1ccc(C(=O)C(C)CC)cc1.CCOc1ccc(C(=O)C(C)CC)cc1. The van der Waals surface area contributed by atoms with Gasteiger partial charge in [0.2, 0.25) is 0 Å². The third-order valence-electron chi connectivity index (χ3n) is 19.8. The zero-order valence-electron chi connectivity index (χ0n) is 76.1.